The molecule has 0 rings (SSSR count). The van der Waals surface area contributed by atoms with Crippen molar-refractivity contribution in [1.29, 1.82) is 0 Å². The Morgan fingerprint density at radius 1 is 0.529 bits per heavy atom. The molecule has 17 heavy (non-hydrogen) atoms. The van der Waals surface area contributed by atoms with Gasteiger partial charge in [0.25, 0.3) is 0 Å². The van der Waals surface area contributed by atoms with Gasteiger partial charge in [-0.05, 0) is 0 Å². The molecule has 8 nitrogen and oxygen atoms in total. The number of halogens is 4. The van der Waals surface area contributed by atoms with Gasteiger partial charge in [-0.15, -0.1) is 0 Å². The molecular formula is C4H4Cl4N4O4Pt. The van der Waals surface area contributed by atoms with Gasteiger partial charge in [-0.2, -0.15) is 0 Å². The molecular weight excluding hydrogens is 505 g/mol. The van der Waals surface area contributed by atoms with E-state index in [0.29, 0.717) is 0 Å². The Labute approximate surface area is 129 Å². The normalized spacial score (nSPS) is 13.4. The number of oxime groups is 4. The molecule has 0 unspecified atom stereocenters. The fourth-order valence-corrected chi connectivity index (χ4v) is 0.316. The maximum absolute atomic E-state index is 7.82. The molecule has 0 fully saturated rings. The molecule has 102 valence electrons. The Bertz CT molecular complexity index is 269. The largest absolute Gasteiger partial charge is 0.410 e. The van der Waals surface area contributed by atoms with E-state index in [0.717, 1.165) is 0 Å². The first-order chi connectivity index (χ1) is 7.44. The minimum Gasteiger partial charge on any atom is -0.410 e. The van der Waals surface area contributed by atoms with E-state index in [1.807, 2.05) is 0 Å². The Morgan fingerprint density at radius 3 is 0.706 bits per heavy atom. The van der Waals surface area contributed by atoms with Crippen LogP contribution in [0.3, 0.4) is 0 Å². The fraction of sp³-hybridized carbons (Fsp3) is 0. The molecule has 0 aromatic rings. The summed E-state index contributed by atoms with van der Waals surface area (Å²) in [6.07, 6.45) is 0. The summed E-state index contributed by atoms with van der Waals surface area (Å²) in [5.41, 5.74) is 0. The van der Waals surface area contributed by atoms with Crippen molar-refractivity contribution < 1.29 is 41.9 Å². The van der Waals surface area contributed by atoms with Gasteiger partial charge in [-0.3, -0.25) is 0 Å². The molecule has 0 aromatic heterocycles. The summed E-state index contributed by atoms with van der Waals surface area (Å²) >= 11 is 20.0. The van der Waals surface area contributed by atoms with Crippen LogP contribution in [0, 0.1) is 0 Å². The third kappa shape index (κ3) is 12.0. The molecule has 0 aliphatic heterocycles. The molecule has 0 atom stereocenters. The first kappa shape index (κ1) is 22.0. The van der Waals surface area contributed by atoms with Crippen LogP contribution >= 0.6 is 46.4 Å². The van der Waals surface area contributed by atoms with Crippen LogP contribution in [0.25, 0.3) is 0 Å². The van der Waals surface area contributed by atoms with Gasteiger partial charge >= 0.3 is 0 Å². The number of hydrogen-bond donors (Lipinski definition) is 4. The predicted octanol–water partition coefficient (Wildman–Crippen LogP) is 2.08. The van der Waals surface area contributed by atoms with Crippen LogP contribution in [0.5, 0.6) is 0 Å². The van der Waals surface area contributed by atoms with E-state index in [1.54, 1.807) is 0 Å². The van der Waals surface area contributed by atoms with Gasteiger partial charge in [0, 0.05) is 21.1 Å². The Balaban J connectivity index is -0.000000218. The SMILES string of the molecule is O/N=C(Cl)/C(Cl)=N/O.O/N=C(Cl)/C(Cl)=N/O.[Pt]. The summed E-state index contributed by atoms with van der Waals surface area (Å²) < 4.78 is 0. The first-order valence-corrected chi connectivity index (χ1v) is 4.46. The van der Waals surface area contributed by atoms with Gasteiger partial charge < -0.3 is 20.8 Å². The van der Waals surface area contributed by atoms with Crippen LogP contribution < -0.4 is 0 Å². The molecule has 0 saturated carbocycles. The topological polar surface area (TPSA) is 130 Å². The zero-order valence-corrected chi connectivity index (χ0v) is 12.7. The van der Waals surface area contributed by atoms with Crippen molar-refractivity contribution in [2.24, 2.45) is 20.6 Å². The first-order valence-electron chi connectivity index (χ1n) is 2.95. The summed E-state index contributed by atoms with van der Waals surface area (Å²) in [5.74, 6) is 0. The summed E-state index contributed by atoms with van der Waals surface area (Å²) in [7, 11) is 0. The van der Waals surface area contributed by atoms with Crippen molar-refractivity contribution in [3.05, 3.63) is 0 Å². The van der Waals surface area contributed by atoms with Gasteiger partial charge in [0.1, 0.15) is 0 Å². The summed E-state index contributed by atoms with van der Waals surface area (Å²) in [6, 6.07) is 0. The fourth-order valence-electron chi connectivity index (χ4n) is 0.165. The average Bonchev–Trinajstić information content (AvgIpc) is 2.35. The third-order valence-electron chi connectivity index (χ3n) is 0.692. The minimum absolute atomic E-state index is 0. The van der Waals surface area contributed by atoms with Crippen molar-refractivity contribution in [1.82, 2.24) is 0 Å². The second kappa shape index (κ2) is 13.8. The van der Waals surface area contributed by atoms with E-state index in [4.69, 9.17) is 67.2 Å². The Morgan fingerprint density at radius 2 is 0.647 bits per heavy atom. The Kier molecular flexibility index (Phi) is 17.8. The molecule has 0 bridgehead atoms. The third-order valence-corrected chi connectivity index (χ3v) is 1.90. The van der Waals surface area contributed by atoms with Crippen LogP contribution in [0.2, 0.25) is 0 Å². The maximum Gasteiger partial charge on any atom is 0.208 e. The summed E-state index contributed by atoms with van der Waals surface area (Å²) in [4.78, 5) is 0. The van der Waals surface area contributed by atoms with Crippen molar-refractivity contribution >= 4 is 67.1 Å². The molecule has 0 spiro atoms. The quantitative estimate of drug-likeness (QED) is 0.258. The predicted molar refractivity (Wildman–Crippen MR) is 60.3 cm³/mol. The zero-order chi connectivity index (χ0) is 13.1. The molecule has 13 heteroatoms. The number of nitrogens with zero attached hydrogens (tertiary/aromatic N) is 4. The summed E-state index contributed by atoms with van der Waals surface area (Å²) in [6.45, 7) is 0. The minimum atomic E-state index is -0.450. The van der Waals surface area contributed by atoms with Crippen LogP contribution in [0.4, 0.5) is 0 Å². The van der Waals surface area contributed by atoms with Gasteiger partial charge in [0.2, 0.25) is 20.7 Å². The van der Waals surface area contributed by atoms with Crippen LogP contribution in [0.15, 0.2) is 20.6 Å². The molecule has 0 saturated heterocycles. The number of rotatable bonds is 2. The summed E-state index contributed by atoms with van der Waals surface area (Å²) in [5, 5.41) is 39.1. The van der Waals surface area contributed by atoms with Gasteiger partial charge in [0.05, 0.1) is 0 Å². The second-order valence-electron chi connectivity index (χ2n) is 1.56. The standard InChI is InChI=1S/2C2H2Cl2N2O2.Pt/c2*3-1(5-7)2(4)6-8;/h2*7-8H;/b2*5-1-,6-2-;. The molecule has 0 aromatic carbocycles. The van der Waals surface area contributed by atoms with E-state index in [-0.39, 0.29) is 21.1 Å². The van der Waals surface area contributed by atoms with Crippen molar-refractivity contribution in [3.63, 3.8) is 0 Å². The van der Waals surface area contributed by atoms with Crippen molar-refractivity contribution in [2.75, 3.05) is 0 Å². The van der Waals surface area contributed by atoms with Crippen LogP contribution in [0.1, 0.15) is 0 Å². The van der Waals surface area contributed by atoms with Crippen LogP contribution in [-0.4, -0.2) is 41.5 Å². The average molecular weight is 509 g/mol. The second-order valence-corrected chi connectivity index (χ2v) is 3.00. The molecule has 4 N–H and O–H groups in total. The van der Waals surface area contributed by atoms with E-state index < -0.39 is 20.7 Å². The maximum atomic E-state index is 7.82. The van der Waals surface area contributed by atoms with E-state index in [9.17, 15) is 0 Å². The van der Waals surface area contributed by atoms with E-state index >= 15 is 0 Å². The van der Waals surface area contributed by atoms with Crippen molar-refractivity contribution in [3.8, 4) is 0 Å². The molecule has 0 heterocycles. The molecule has 0 aliphatic rings. The molecule has 0 amide bonds. The molecule has 0 aliphatic carbocycles. The van der Waals surface area contributed by atoms with E-state index in [2.05, 4.69) is 20.6 Å². The zero-order valence-electron chi connectivity index (χ0n) is 7.41. The smallest absolute Gasteiger partial charge is 0.208 e. The Hall–Kier alpha value is -0.272. The van der Waals surface area contributed by atoms with Crippen LogP contribution in [-0.2, 0) is 21.1 Å². The molecule has 0 radical (unpaired) electrons. The van der Waals surface area contributed by atoms with Crippen molar-refractivity contribution in [2.45, 2.75) is 0 Å². The monoisotopic (exact) mass is 507 g/mol. The number of hydrogen-bond acceptors (Lipinski definition) is 8. The van der Waals surface area contributed by atoms with E-state index in [1.165, 1.54) is 0 Å². The van der Waals surface area contributed by atoms with Gasteiger partial charge in [0.15, 0.2) is 0 Å². The van der Waals surface area contributed by atoms with Gasteiger partial charge in [-0.25, -0.2) is 0 Å². The van der Waals surface area contributed by atoms with Gasteiger partial charge in [-0.1, -0.05) is 67.0 Å².